The zero-order chi connectivity index (χ0) is 10.4. The van der Waals surface area contributed by atoms with Crippen LogP contribution in [0, 0.1) is 0 Å². The number of hydrogen-bond acceptors (Lipinski definition) is 3. The molecular formula is C11H19NOS. The predicted octanol–water partition coefficient (Wildman–Crippen LogP) is 1.99. The standard InChI is InChI=1S/C11H19NOS/c1-3-10(13)9-12(2)7-6-11-5-4-8-14-11/h4-5,8,10,13H,3,6-7,9H2,1-2H3. The van der Waals surface area contributed by atoms with E-state index < -0.39 is 0 Å². The van der Waals surface area contributed by atoms with Crippen LogP contribution in [-0.2, 0) is 6.42 Å². The first-order valence-corrected chi connectivity index (χ1v) is 5.99. The fourth-order valence-corrected chi connectivity index (χ4v) is 2.03. The van der Waals surface area contributed by atoms with Crippen LogP contribution in [0.3, 0.4) is 0 Å². The third-order valence-electron chi connectivity index (χ3n) is 2.31. The van der Waals surface area contributed by atoms with Gasteiger partial charge in [-0.25, -0.2) is 0 Å². The predicted molar refractivity (Wildman–Crippen MR) is 61.8 cm³/mol. The van der Waals surface area contributed by atoms with Crippen LogP contribution in [-0.4, -0.2) is 36.2 Å². The molecule has 1 unspecified atom stereocenters. The van der Waals surface area contributed by atoms with E-state index in [4.69, 9.17) is 0 Å². The average Bonchev–Trinajstić information content (AvgIpc) is 2.67. The minimum absolute atomic E-state index is 0.177. The van der Waals surface area contributed by atoms with Crippen LogP contribution < -0.4 is 0 Å². The molecule has 14 heavy (non-hydrogen) atoms. The van der Waals surface area contributed by atoms with Crippen molar-refractivity contribution >= 4 is 11.3 Å². The van der Waals surface area contributed by atoms with Crippen molar-refractivity contribution in [1.29, 1.82) is 0 Å². The van der Waals surface area contributed by atoms with Gasteiger partial charge < -0.3 is 10.0 Å². The van der Waals surface area contributed by atoms with Gasteiger partial charge in [-0.1, -0.05) is 13.0 Å². The van der Waals surface area contributed by atoms with Crippen LogP contribution in [0.15, 0.2) is 17.5 Å². The lowest BCUT2D eigenvalue weighted by atomic mass is 10.2. The molecule has 1 N–H and O–H groups in total. The number of likely N-dealkylation sites (N-methyl/N-ethyl adjacent to an activating group) is 1. The highest BCUT2D eigenvalue weighted by Crippen LogP contribution is 2.09. The highest BCUT2D eigenvalue weighted by molar-refractivity contribution is 7.09. The smallest absolute Gasteiger partial charge is 0.0664 e. The summed E-state index contributed by atoms with van der Waals surface area (Å²) in [4.78, 5) is 3.61. The molecule has 1 atom stereocenters. The number of aliphatic hydroxyl groups excluding tert-OH is 1. The summed E-state index contributed by atoms with van der Waals surface area (Å²) in [6.45, 7) is 3.82. The molecule has 0 aliphatic heterocycles. The topological polar surface area (TPSA) is 23.5 Å². The van der Waals surface area contributed by atoms with Crippen molar-refractivity contribution in [3.63, 3.8) is 0 Å². The Morgan fingerprint density at radius 2 is 2.36 bits per heavy atom. The Kier molecular flexibility index (Phi) is 5.15. The van der Waals surface area contributed by atoms with Gasteiger partial charge in [0.2, 0.25) is 0 Å². The van der Waals surface area contributed by atoms with Crippen molar-refractivity contribution in [2.75, 3.05) is 20.1 Å². The van der Waals surface area contributed by atoms with Gasteiger partial charge in [0.15, 0.2) is 0 Å². The van der Waals surface area contributed by atoms with Gasteiger partial charge in [-0.2, -0.15) is 0 Å². The maximum atomic E-state index is 9.45. The normalized spacial score (nSPS) is 13.4. The molecule has 0 fully saturated rings. The van der Waals surface area contributed by atoms with Crippen LogP contribution in [0.5, 0.6) is 0 Å². The van der Waals surface area contributed by atoms with Gasteiger partial charge in [0.25, 0.3) is 0 Å². The first kappa shape index (κ1) is 11.7. The summed E-state index contributed by atoms with van der Waals surface area (Å²) in [7, 11) is 2.06. The van der Waals surface area contributed by atoms with E-state index in [0.29, 0.717) is 0 Å². The Morgan fingerprint density at radius 1 is 1.57 bits per heavy atom. The monoisotopic (exact) mass is 213 g/mol. The van der Waals surface area contributed by atoms with Gasteiger partial charge in [-0.15, -0.1) is 11.3 Å². The van der Waals surface area contributed by atoms with Crippen molar-refractivity contribution in [2.45, 2.75) is 25.9 Å². The molecule has 1 rings (SSSR count). The van der Waals surface area contributed by atoms with Crippen LogP contribution >= 0.6 is 11.3 Å². The number of thiophene rings is 1. The van der Waals surface area contributed by atoms with Gasteiger partial charge >= 0.3 is 0 Å². The zero-order valence-corrected chi connectivity index (χ0v) is 9.76. The third kappa shape index (κ3) is 4.22. The first-order valence-electron chi connectivity index (χ1n) is 5.11. The minimum atomic E-state index is -0.177. The molecule has 0 amide bonds. The number of aliphatic hydroxyl groups is 1. The molecule has 0 saturated carbocycles. The average molecular weight is 213 g/mol. The molecule has 0 spiro atoms. The molecule has 3 heteroatoms. The number of hydrogen-bond donors (Lipinski definition) is 1. The van der Waals surface area contributed by atoms with E-state index in [2.05, 4.69) is 29.5 Å². The molecule has 0 bridgehead atoms. The quantitative estimate of drug-likeness (QED) is 0.781. The molecule has 0 saturated heterocycles. The van der Waals surface area contributed by atoms with Crippen molar-refractivity contribution in [3.8, 4) is 0 Å². The van der Waals surface area contributed by atoms with E-state index in [-0.39, 0.29) is 6.10 Å². The van der Waals surface area contributed by atoms with Crippen LogP contribution in [0.2, 0.25) is 0 Å². The van der Waals surface area contributed by atoms with Crippen molar-refractivity contribution < 1.29 is 5.11 Å². The summed E-state index contributed by atoms with van der Waals surface area (Å²) in [5, 5.41) is 11.6. The van der Waals surface area contributed by atoms with Crippen molar-refractivity contribution in [2.24, 2.45) is 0 Å². The number of rotatable bonds is 6. The summed E-state index contributed by atoms with van der Waals surface area (Å²) in [5.74, 6) is 0. The Hall–Kier alpha value is -0.380. The molecule has 0 aromatic carbocycles. The Morgan fingerprint density at radius 3 is 2.93 bits per heavy atom. The Bertz CT molecular complexity index is 235. The van der Waals surface area contributed by atoms with Crippen molar-refractivity contribution in [1.82, 2.24) is 4.90 Å². The largest absolute Gasteiger partial charge is 0.392 e. The summed E-state index contributed by atoms with van der Waals surface area (Å²) >= 11 is 1.80. The molecule has 1 heterocycles. The molecule has 1 aromatic heterocycles. The van der Waals surface area contributed by atoms with E-state index >= 15 is 0 Å². The van der Waals surface area contributed by atoms with Gasteiger partial charge in [0.1, 0.15) is 0 Å². The van der Waals surface area contributed by atoms with Gasteiger partial charge in [0, 0.05) is 18.0 Å². The second-order valence-corrected chi connectivity index (χ2v) is 4.69. The Labute approximate surface area is 90.2 Å². The highest BCUT2D eigenvalue weighted by atomic mass is 32.1. The molecule has 0 aliphatic carbocycles. The van der Waals surface area contributed by atoms with Gasteiger partial charge in [0.05, 0.1) is 6.10 Å². The Balaban J connectivity index is 2.18. The third-order valence-corrected chi connectivity index (χ3v) is 3.25. The summed E-state index contributed by atoms with van der Waals surface area (Å²) in [6, 6.07) is 4.25. The SMILES string of the molecule is CCC(O)CN(C)CCc1cccs1. The van der Waals surface area contributed by atoms with E-state index in [1.54, 1.807) is 11.3 Å². The molecule has 1 aromatic rings. The molecular weight excluding hydrogens is 194 g/mol. The van der Waals surface area contributed by atoms with Crippen LogP contribution in [0.25, 0.3) is 0 Å². The second-order valence-electron chi connectivity index (χ2n) is 3.65. The lowest BCUT2D eigenvalue weighted by molar-refractivity contribution is 0.123. The molecule has 80 valence electrons. The fraction of sp³-hybridized carbons (Fsp3) is 0.636. The lowest BCUT2D eigenvalue weighted by Crippen LogP contribution is -2.30. The lowest BCUT2D eigenvalue weighted by Gasteiger charge is -2.19. The van der Waals surface area contributed by atoms with Gasteiger partial charge in [-0.3, -0.25) is 0 Å². The van der Waals surface area contributed by atoms with E-state index in [1.807, 2.05) is 6.92 Å². The van der Waals surface area contributed by atoms with Crippen LogP contribution in [0.1, 0.15) is 18.2 Å². The summed E-state index contributed by atoms with van der Waals surface area (Å²) in [6.07, 6.45) is 1.75. The molecule has 0 aliphatic rings. The van der Waals surface area contributed by atoms with Crippen molar-refractivity contribution in [3.05, 3.63) is 22.4 Å². The maximum absolute atomic E-state index is 9.45. The molecule has 0 radical (unpaired) electrons. The van der Waals surface area contributed by atoms with E-state index in [9.17, 15) is 5.11 Å². The van der Waals surface area contributed by atoms with Gasteiger partial charge in [-0.05, 0) is 31.3 Å². The second kappa shape index (κ2) is 6.17. The zero-order valence-electron chi connectivity index (χ0n) is 8.94. The summed E-state index contributed by atoms with van der Waals surface area (Å²) < 4.78 is 0. The number of nitrogens with zero attached hydrogens (tertiary/aromatic N) is 1. The maximum Gasteiger partial charge on any atom is 0.0664 e. The summed E-state index contributed by atoms with van der Waals surface area (Å²) in [5.41, 5.74) is 0. The van der Waals surface area contributed by atoms with E-state index in [0.717, 1.165) is 25.9 Å². The van der Waals surface area contributed by atoms with Crippen LogP contribution in [0.4, 0.5) is 0 Å². The highest BCUT2D eigenvalue weighted by Gasteiger charge is 2.05. The van der Waals surface area contributed by atoms with E-state index in [1.165, 1.54) is 4.88 Å². The molecule has 2 nitrogen and oxygen atoms in total. The first-order chi connectivity index (χ1) is 6.72. The fourth-order valence-electron chi connectivity index (χ4n) is 1.34. The minimum Gasteiger partial charge on any atom is -0.392 e.